The molecule has 0 unspecified atom stereocenters. The first-order valence-corrected chi connectivity index (χ1v) is 6.80. The van der Waals surface area contributed by atoms with E-state index in [4.69, 9.17) is 0 Å². The topological polar surface area (TPSA) is 49.8 Å². The number of aryl methyl sites for hydroxylation is 1. The summed E-state index contributed by atoms with van der Waals surface area (Å²) < 4.78 is 37.6. The highest BCUT2D eigenvalue weighted by Gasteiger charge is 2.29. The molecule has 2 N–H and O–H groups in total. The van der Waals surface area contributed by atoms with Crippen LogP contribution < -0.4 is 10.6 Å². The van der Waals surface area contributed by atoms with Crippen molar-refractivity contribution in [2.24, 2.45) is 0 Å². The zero-order chi connectivity index (χ0) is 16.3. The first kappa shape index (κ1) is 16.1. The summed E-state index contributed by atoms with van der Waals surface area (Å²) in [5, 5.41) is 6.07. The molecule has 22 heavy (non-hydrogen) atoms. The van der Waals surface area contributed by atoms with Gasteiger partial charge in [0, 0.05) is 23.5 Å². The van der Waals surface area contributed by atoms with Crippen LogP contribution in [0.4, 0.5) is 30.6 Å². The number of alkyl halides is 3. The fourth-order valence-electron chi connectivity index (χ4n) is 1.87. The number of rotatable bonds is 4. The predicted octanol–water partition coefficient (Wildman–Crippen LogP) is 4.37. The van der Waals surface area contributed by atoms with Crippen LogP contribution in [0.15, 0.2) is 30.3 Å². The Balaban J connectivity index is 2.18. The van der Waals surface area contributed by atoms with Crippen molar-refractivity contribution in [2.45, 2.75) is 33.0 Å². The molecule has 0 saturated heterocycles. The number of halogens is 3. The number of anilines is 3. The van der Waals surface area contributed by atoms with Crippen LogP contribution in [-0.4, -0.2) is 16.0 Å². The fraction of sp³-hybridized carbons (Fsp3) is 0.333. The summed E-state index contributed by atoms with van der Waals surface area (Å²) in [5.74, 6) is 1.000. The van der Waals surface area contributed by atoms with Crippen molar-refractivity contribution in [2.75, 3.05) is 10.6 Å². The monoisotopic (exact) mass is 310 g/mol. The summed E-state index contributed by atoms with van der Waals surface area (Å²) in [6.07, 6.45) is -4.34. The van der Waals surface area contributed by atoms with Crippen LogP contribution in [0.2, 0.25) is 0 Å². The Bertz CT molecular complexity index is 636. The molecule has 1 heterocycles. The maximum Gasteiger partial charge on any atom is 0.416 e. The highest BCUT2D eigenvalue weighted by atomic mass is 19.4. The van der Waals surface area contributed by atoms with Gasteiger partial charge in [-0.3, -0.25) is 0 Å². The third-order valence-corrected chi connectivity index (χ3v) is 2.76. The smallest absolute Gasteiger partial charge is 0.368 e. The number of hydrogen-bond acceptors (Lipinski definition) is 4. The number of aromatic nitrogens is 2. The van der Waals surface area contributed by atoms with E-state index in [1.54, 1.807) is 6.07 Å². The summed E-state index contributed by atoms with van der Waals surface area (Å²) >= 11 is 0. The van der Waals surface area contributed by atoms with Crippen molar-refractivity contribution in [1.82, 2.24) is 9.97 Å². The van der Waals surface area contributed by atoms with Crippen LogP contribution in [0.3, 0.4) is 0 Å². The Hall–Kier alpha value is -2.31. The molecule has 2 rings (SSSR count). The highest BCUT2D eigenvalue weighted by Crippen LogP contribution is 2.30. The zero-order valence-electron chi connectivity index (χ0n) is 12.5. The molecule has 0 atom stereocenters. The van der Waals surface area contributed by atoms with E-state index in [2.05, 4.69) is 20.6 Å². The Labute approximate surface area is 126 Å². The second-order valence-corrected chi connectivity index (χ2v) is 5.22. The van der Waals surface area contributed by atoms with E-state index in [1.165, 1.54) is 12.1 Å². The third-order valence-electron chi connectivity index (χ3n) is 2.76. The molecule has 1 aromatic carbocycles. The lowest BCUT2D eigenvalue weighted by molar-refractivity contribution is -0.137. The first-order chi connectivity index (χ1) is 10.2. The van der Waals surface area contributed by atoms with Crippen LogP contribution in [0, 0.1) is 6.92 Å². The molecule has 0 fully saturated rings. The van der Waals surface area contributed by atoms with Crippen molar-refractivity contribution < 1.29 is 13.2 Å². The maximum atomic E-state index is 12.5. The van der Waals surface area contributed by atoms with Gasteiger partial charge in [0.25, 0.3) is 0 Å². The molecule has 2 aromatic rings. The molecule has 0 bridgehead atoms. The van der Waals surface area contributed by atoms with Crippen LogP contribution in [0.25, 0.3) is 0 Å². The standard InChI is InChI=1S/C15H17F3N4/c1-9(2)19-13-8-10(3)20-14(22-13)21-12-6-4-11(5-7-12)15(16,17)18/h4-9H,1-3H3,(H2,19,20,21,22). The molecule has 118 valence electrons. The lowest BCUT2D eigenvalue weighted by Gasteiger charge is -2.12. The summed E-state index contributed by atoms with van der Waals surface area (Å²) in [7, 11) is 0. The lowest BCUT2D eigenvalue weighted by Crippen LogP contribution is -2.12. The maximum absolute atomic E-state index is 12.5. The Morgan fingerprint density at radius 2 is 1.68 bits per heavy atom. The SMILES string of the molecule is Cc1cc(NC(C)C)nc(Nc2ccc(C(F)(F)F)cc2)n1. The van der Waals surface area contributed by atoms with Crippen molar-refractivity contribution in [3.05, 3.63) is 41.6 Å². The van der Waals surface area contributed by atoms with E-state index in [0.29, 0.717) is 17.5 Å². The second kappa shape index (κ2) is 6.21. The quantitative estimate of drug-likeness (QED) is 0.880. The van der Waals surface area contributed by atoms with Gasteiger partial charge in [-0.15, -0.1) is 0 Å². The van der Waals surface area contributed by atoms with E-state index in [1.807, 2.05) is 20.8 Å². The van der Waals surface area contributed by atoms with Gasteiger partial charge in [-0.25, -0.2) is 4.98 Å². The zero-order valence-corrected chi connectivity index (χ0v) is 12.5. The van der Waals surface area contributed by atoms with Crippen LogP contribution in [0.5, 0.6) is 0 Å². The fourth-order valence-corrected chi connectivity index (χ4v) is 1.87. The Morgan fingerprint density at radius 3 is 2.23 bits per heavy atom. The van der Waals surface area contributed by atoms with Gasteiger partial charge in [0.05, 0.1) is 5.56 Å². The molecule has 4 nitrogen and oxygen atoms in total. The van der Waals surface area contributed by atoms with Gasteiger partial charge in [0.15, 0.2) is 0 Å². The molecule has 1 aromatic heterocycles. The van der Waals surface area contributed by atoms with Gasteiger partial charge in [0.1, 0.15) is 5.82 Å². The van der Waals surface area contributed by atoms with Crippen LogP contribution in [-0.2, 0) is 6.18 Å². The van der Waals surface area contributed by atoms with Crippen LogP contribution >= 0.6 is 0 Å². The van der Waals surface area contributed by atoms with E-state index in [0.717, 1.165) is 17.8 Å². The van der Waals surface area contributed by atoms with Gasteiger partial charge in [-0.1, -0.05) is 0 Å². The molecule has 0 saturated carbocycles. The molecular formula is C15H17F3N4. The number of benzene rings is 1. The first-order valence-electron chi connectivity index (χ1n) is 6.80. The Kier molecular flexibility index (Phi) is 4.54. The molecule has 7 heteroatoms. The minimum atomic E-state index is -4.34. The second-order valence-electron chi connectivity index (χ2n) is 5.22. The van der Waals surface area contributed by atoms with Gasteiger partial charge in [-0.2, -0.15) is 18.2 Å². The number of nitrogens with one attached hydrogen (secondary N) is 2. The highest BCUT2D eigenvalue weighted by molar-refractivity contribution is 5.56. The van der Waals surface area contributed by atoms with E-state index in [-0.39, 0.29) is 6.04 Å². The van der Waals surface area contributed by atoms with Crippen molar-refractivity contribution in [1.29, 1.82) is 0 Å². The van der Waals surface area contributed by atoms with E-state index in [9.17, 15) is 13.2 Å². The summed E-state index contributed by atoms with van der Waals surface area (Å²) in [5.41, 5.74) is 0.562. The van der Waals surface area contributed by atoms with Gasteiger partial charge in [-0.05, 0) is 45.0 Å². The largest absolute Gasteiger partial charge is 0.416 e. The molecule has 0 aliphatic carbocycles. The molecule has 0 spiro atoms. The van der Waals surface area contributed by atoms with E-state index >= 15 is 0 Å². The van der Waals surface area contributed by atoms with Gasteiger partial charge in [0.2, 0.25) is 5.95 Å². The molecule has 0 aliphatic heterocycles. The van der Waals surface area contributed by atoms with Crippen molar-refractivity contribution in [3.8, 4) is 0 Å². The average Bonchev–Trinajstić information content (AvgIpc) is 2.36. The van der Waals surface area contributed by atoms with E-state index < -0.39 is 11.7 Å². The normalized spacial score (nSPS) is 11.6. The molecule has 0 amide bonds. The molecule has 0 radical (unpaired) electrons. The third kappa shape index (κ3) is 4.34. The van der Waals surface area contributed by atoms with Crippen molar-refractivity contribution >= 4 is 17.5 Å². The van der Waals surface area contributed by atoms with Crippen LogP contribution in [0.1, 0.15) is 25.1 Å². The summed E-state index contributed by atoms with van der Waals surface area (Å²) in [4.78, 5) is 8.51. The minimum Gasteiger partial charge on any atom is -0.368 e. The lowest BCUT2D eigenvalue weighted by atomic mass is 10.2. The molecule has 0 aliphatic rings. The number of nitrogens with zero attached hydrogens (tertiary/aromatic N) is 2. The predicted molar refractivity (Wildman–Crippen MR) is 80.3 cm³/mol. The Morgan fingerprint density at radius 1 is 1.05 bits per heavy atom. The summed E-state index contributed by atoms with van der Waals surface area (Å²) in [6, 6.07) is 6.76. The van der Waals surface area contributed by atoms with Gasteiger partial charge >= 0.3 is 6.18 Å². The molecular weight excluding hydrogens is 293 g/mol. The number of hydrogen-bond donors (Lipinski definition) is 2. The average molecular weight is 310 g/mol. The minimum absolute atomic E-state index is 0.216. The van der Waals surface area contributed by atoms with Crippen molar-refractivity contribution in [3.63, 3.8) is 0 Å². The summed E-state index contributed by atoms with van der Waals surface area (Å²) in [6.45, 7) is 5.80. The van der Waals surface area contributed by atoms with Gasteiger partial charge < -0.3 is 10.6 Å².